The smallest absolute Gasteiger partial charge is 0.188 e. The van der Waals surface area contributed by atoms with Gasteiger partial charge in [-0.3, -0.25) is 4.68 Å². The number of ether oxygens (including phenoxy) is 1. The monoisotopic (exact) mass is 450 g/mol. The number of aromatic nitrogens is 4. The third-order valence-corrected chi connectivity index (χ3v) is 5.87. The number of nitrogen functional groups attached to an aromatic ring is 1. The maximum Gasteiger partial charge on any atom is 0.188 e. The van der Waals surface area contributed by atoms with Crippen molar-refractivity contribution in [3.8, 4) is 17.0 Å². The standard InChI is InChI=1S/C20H21Cl2FN6O/c1-11(18-14(21)2-3-15(23)19(18)22)30-17-8-16(27-28-20(17)24)12-9-26-29(10-12)13-4-6-25-7-5-13/h2-3,8-11,13,25H,4-7H2,1H3,(H2,24,28). The van der Waals surface area contributed by atoms with Gasteiger partial charge >= 0.3 is 0 Å². The molecule has 1 atom stereocenters. The van der Waals surface area contributed by atoms with Gasteiger partial charge in [-0.25, -0.2) is 4.39 Å². The summed E-state index contributed by atoms with van der Waals surface area (Å²) in [6.45, 7) is 3.66. The van der Waals surface area contributed by atoms with Gasteiger partial charge in [-0.1, -0.05) is 23.2 Å². The number of rotatable bonds is 5. The summed E-state index contributed by atoms with van der Waals surface area (Å²) in [7, 11) is 0. The molecule has 0 spiro atoms. The Labute approximate surface area is 183 Å². The van der Waals surface area contributed by atoms with Crippen LogP contribution in [-0.4, -0.2) is 33.1 Å². The number of anilines is 1. The van der Waals surface area contributed by atoms with Gasteiger partial charge in [0, 0.05) is 28.4 Å². The molecule has 4 rings (SSSR count). The molecule has 10 heteroatoms. The summed E-state index contributed by atoms with van der Waals surface area (Å²) in [5.41, 5.74) is 7.68. The number of hydrogen-bond donors (Lipinski definition) is 2. The van der Waals surface area contributed by atoms with Crippen molar-refractivity contribution in [1.82, 2.24) is 25.3 Å². The average molecular weight is 451 g/mol. The second kappa shape index (κ2) is 8.75. The van der Waals surface area contributed by atoms with Crippen LogP contribution in [0, 0.1) is 5.82 Å². The van der Waals surface area contributed by atoms with Gasteiger partial charge in [0.15, 0.2) is 11.6 Å². The molecule has 0 saturated carbocycles. The first-order valence-electron chi connectivity index (χ1n) is 9.62. The quantitative estimate of drug-likeness (QED) is 0.558. The number of halogens is 3. The highest BCUT2D eigenvalue weighted by Gasteiger charge is 2.21. The van der Waals surface area contributed by atoms with Crippen LogP contribution < -0.4 is 15.8 Å². The SMILES string of the molecule is CC(Oc1cc(-c2cnn(C3CCNCC3)c2)nnc1N)c1c(Cl)ccc(F)c1Cl. The maximum absolute atomic E-state index is 13.9. The van der Waals surface area contributed by atoms with Crippen LogP contribution in [0.5, 0.6) is 5.75 Å². The summed E-state index contributed by atoms with van der Waals surface area (Å²) in [5.74, 6) is -0.156. The normalized spacial score (nSPS) is 15.9. The Balaban J connectivity index is 1.58. The Kier molecular flexibility index (Phi) is 6.08. The van der Waals surface area contributed by atoms with E-state index < -0.39 is 11.9 Å². The molecule has 1 fully saturated rings. The molecule has 1 aliphatic rings. The van der Waals surface area contributed by atoms with E-state index in [0.717, 1.165) is 31.5 Å². The molecule has 3 aromatic rings. The molecule has 0 bridgehead atoms. The van der Waals surface area contributed by atoms with Gasteiger partial charge in [0.05, 0.1) is 23.0 Å². The lowest BCUT2D eigenvalue weighted by atomic mass is 10.1. The largest absolute Gasteiger partial charge is 0.482 e. The summed E-state index contributed by atoms with van der Waals surface area (Å²) in [6.07, 6.45) is 5.09. The zero-order chi connectivity index (χ0) is 21.3. The molecule has 2 aromatic heterocycles. The van der Waals surface area contributed by atoms with Gasteiger partial charge in [0.1, 0.15) is 11.9 Å². The maximum atomic E-state index is 13.9. The molecule has 1 unspecified atom stereocenters. The summed E-state index contributed by atoms with van der Waals surface area (Å²) in [4.78, 5) is 0. The van der Waals surface area contributed by atoms with Crippen molar-refractivity contribution in [2.75, 3.05) is 18.8 Å². The Morgan fingerprint density at radius 3 is 2.80 bits per heavy atom. The molecule has 7 nitrogen and oxygen atoms in total. The zero-order valence-corrected chi connectivity index (χ0v) is 17.8. The number of piperidine rings is 1. The van der Waals surface area contributed by atoms with Gasteiger partial charge < -0.3 is 15.8 Å². The molecular formula is C20H21Cl2FN6O. The van der Waals surface area contributed by atoms with Crippen LogP contribution in [0.4, 0.5) is 10.2 Å². The van der Waals surface area contributed by atoms with Gasteiger partial charge in [-0.15, -0.1) is 10.2 Å². The van der Waals surface area contributed by atoms with Crippen molar-refractivity contribution >= 4 is 29.0 Å². The lowest BCUT2D eigenvalue weighted by Crippen LogP contribution is -2.29. The number of nitrogens with zero attached hydrogens (tertiary/aromatic N) is 4. The van der Waals surface area contributed by atoms with Crippen molar-refractivity contribution in [3.63, 3.8) is 0 Å². The van der Waals surface area contributed by atoms with Gasteiger partial charge in [0.25, 0.3) is 0 Å². The van der Waals surface area contributed by atoms with Gasteiger partial charge in [-0.05, 0) is 45.0 Å². The van der Waals surface area contributed by atoms with E-state index in [9.17, 15) is 4.39 Å². The molecule has 0 radical (unpaired) electrons. The first-order chi connectivity index (χ1) is 14.4. The molecular weight excluding hydrogens is 430 g/mol. The van der Waals surface area contributed by atoms with E-state index in [1.807, 2.05) is 10.9 Å². The predicted octanol–water partition coefficient (Wildman–Crippen LogP) is 4.43. The fourth-order valence-corrected chi connectivity index (χ4v) is 4.20. The van der Waals surface area contributed by atoms with E-state index in [2.05, 4.69) is 20.6 Å². The summed E-state index contributed by atoms with van der Waals surface area (Å²) in [5, 5.41) is 16.2. The summed E-state index contributed by atoms with van der Waals surface area (Å²) in [6, 6.07) is 4.69. The highest BCUT2D eigenvalue weighted by Crippen LogP contribution is 2.36. The minimum atomic E-state index is -0.655. The van der Waals surface area contributed by atoms with Crippen LogP contribution in [0.3, 0.4) is 0 Å². The first kappa shape index (κ1) is 20.8. The molecule has 1 aromatic carbocycles. The minimum absolute atomic E-state index is 0.0842. The lowest BCUT2D eigenvalue weighted by molar-refractivity contribution is 0.227. The number of hydrogen-bond acceptors (Lipinski definition) is 6. The van der Waals surface area contributed by atoms with Crippen LogP contribution in [0.25, 0.3) is 11.3 Å². The van der Waals surface area contributed by atoms with Crippen LogP contribution in [0.2, 0.25) is 10.0 Å². The van der Waals surface area contributed by atoms with Crippen LogP contribution >= 0.6 is 23.2 Å². The van der Waals surface area contributed by atoms with E-state index in [0.29, 0.717) is 28.1 Å². The highest BCUT2D eigenvalue weighted by molar-refractivity contribution is 6.36. The van der Waals surface area contributed by atoms with Crippen molar-refractivity contribution in [3.05, 3.63) is 52.0 Å². The van der Waals surface area contributed by atoms with Gasteiger partial charge in [-0.2, -0.15) is 5.10 Å². The molecule has 1 saturated heterocycles. The number of nitrogens with one attached hydrogen (secondary N) is 1. The van der Waals surface area contributed by atoms with Crippen molar-refractivity contribution in [2.24, 2.45) is 0 Å². The topological polar surface area (TPSA) is 90.9 Å². The summed E-state index contributed by atoms with van der Waals surface area (Å²) >= 11 is 12.3. The molecule has 158 valence electrons. The molecule has 30 heavy (non-hydrogen) atoms. The Morgan fingerprint density at radius 2 is 2.03 bits per heavy atom. The van der Waals surface area contributed by atoms with Crippen LogP contribution in [-0.2, 0) is 0 Å². The fraction of sp³-hybridized carbons (Fsp3) is 0.350. The second-order valence-electron chi connectivity index (χ2n) is 7.19. The Bertz CT molecular complexity index is 1050. The van der Waals surface area contributed by atoms with E-state index in [1.54, 1.807) is 19.2 Å². The van der Waals surface area contributed by atoms with Gasteiger partial charge in [0.2, 0.25) is 0 Å². The average Bonchev–Trinajstić information content (AvgIpc) is 3.24. The third-order valence-electron chi connectivity index (χ3n) is 5.16. The predicted molar refractivity (Wildman–Crippen MR) is 114 cm³/mol. The lowest BCUT2D eigenvalue weighted by Gasteiger charge is -2.22. The molecule has 3 heterocycles. The van der Waals surface area contributed by atoms with Crippen LogP contribution in [0.15, 0.2) is 30.6 Å². The molecule has 1 aliphatic heterocycles. The van der Waals surface area contributed by atoms with Crippen molar-refractivity contribution < 1.29 is 9.13 Å². The van der Waals surface area contributed by atoms with E-state index in [-0.39, 0.29) is 10.8 Å². The van der Waals surface area contributed by atoms with E-state index >= 15 is 0 Å². The highest BCUT2D eigenvalue weighted by atomic mass is 35.5. The molecule has 0 aliphatic carbocycles. The summed E-state index contributed by atoms with van der Waals surface area (Å²) < 4.78 is 21.8. The number of nitrogens with two attached hydrogens (primary N) is 1. The molecule has 3 N–H and O–H groups in total. The minimum Gasteiger partial charge on any atom is -0.482 e. The molecule has 0 amide bonds. The fourth-order valence-electron chi connectivity index (χ4n) is 3.53. The Morgan fingerprint density at radius 1 is 1.27 bits per heavy atom. The van der Waals surface area contributed by atoms with Crippen molar-refractivity contribution in [2.45, 2.75) is 31.9 Å². The second-order valence-corrected chi connectivity index (χ2v) is 7.97. The Hall–Kier alpha value is -2.42. The van der Waals surface area contributed by atoms with E-state index in [1.165, 1.54) is 12.1 Å². The third kappa shape index (κ3) is 4.21. The first-order valence-corrected chi connectivity index (χ1v) is 10.4. The van der Waals surface area contributed by atoms with Crippen LogP contribution in [0.1, 0.15) is 37.5 Å². The van der Waals surface area contributed by atoms with Crippen molar-refractivity contribution in [1.29, 1.82) is 0 Å². The zero-order valence-electron chi connectivity index (χ0n) is 16.3. The van der Waals surface area contributed by atoms with E-state index in [4.69, 9.17) is 33.7 Å². The number of benzene rings is 1.